The molecule has 0 saturated heterocycles. The van der Waals surface area contributed by atoms with Crippen LogP contribution in [0.5, 0.6) is 0 Å². The van der Waals surface area contributed by atoms with Crippen LogP contribution in [-0.4, -0.2) is 31.3 Å². The van der Waals surface area contributed by atoms with Crippen molar-refractivity contribution in [2.45, 2.75) is 62.5 Å². The molecule has 2 aliphatic carbocycles. The maximum Gasteiger partial charge on any atom is 0.297 e. The highest BCUT2D eigenvalue weighted by Crippen LogP contribution is 2.61. The zero-order chi connectivity index (χ0) is 24.1. The lowest BCUT2D eigenvalue weighted by Gasteiger charge is -2.57. The second kappa shape index (κ2) is 8.42. The number of aromatic nitrogens is 1. The molecule has 0 atom stereocenters. The van der Waals surface area contributed by atoms with Crippen molar-refractivity contribution in [3.8, 4) is 0 Å². The lowest BCUT2D eigenvalue weighted by Crippen LogP contribution is -2.55. The fourth-order valence-electron chi connectivity index (χ4n) is 5.00. The maximum atomic E-state index is 12.5. The SMILES string of the molecule is CCCC(=O)NS(=O)(=O)c1ccc(C(=O)NC2CC3(C2)CC(c2nc4cc(Cl)ccc4o2)C3)o1. The number of fused-ring (bicyclic) bond motifs is 1. The Labute approximate surface area is 201 Å². The first-order valence-electron chi connectivity index (χ1n) is 11.2. The van der Waals surface area contributed by atoms with Gasteiger partial charge in [0, 0.05) is 23.4 Å². The molecule has 9 nitrogen and oxygen atoms in total. The second-order valence-electron chi connectivity index (χ2n) is 9.25. The minimum absolute atomic E-state index is 0.00898. The predicted molar refractivity (Wildman–Crippen MR) is 123 cm³/mol. The highest BCUT2D eigenvalue weighted by Gasteiger charge is 2.54. The van der Waals surface area contributed by atoms with Crippen molar-refractivity contribution < 1.29 is 26.8 Å². The highest BCUT2D eigenvalue weighted by molar-refractivity contribution is 7.89. The van der Waals surface area contributed by atoms with Crippen LogP contribution in [0.2, 0.25) is 5.02 Å². The van der Waals surface area contributed by atoms with Gasteiger partial charge >= 0.3 is 0 Å². The zero-order valence-electron chi connectivity index (χ0n) is 18.5. The molecule has 2 saturated carbocycles. The molecule has 3 aromatic rings. The van der Waals surface area contributed by atoms with Crippen LogP contribution in [0.25, 0.3) is 11.1 Å². The average molecular weight is 506 g/mol. The number of hydrogen-bond donors (Lipinski definition) is 2. The molecule has 5 rings (SSSR count). The van der Waals surface area contributed by atoms with Crippen LogP contribution in [-0.2, 0) is 14.8 Å². The first kappa shape index (κ1) is 22.9. The van der Waals surface area contributed by atoms with Crippen LogP contribution >= 0.6 is 11.6 Å². The molecule has 0 aliphatic heterocycles. The normalized spacial score (nSPS) is 23.9. The van der Waals surface area contributed by atoms with Gasteiger partial charge in [-0.25, -0.2) is 9.71 Å². The van der Waals surface area contributed by atoms with Crippen molar-refractivity contribution in [2.24, 2.45) is 5.41 Å². The van der Waals surface area contributed by atoms with E-state index >= 15 is 0 Å². The number of nitrogens with zero attached hydrogens (tertiary/aromatic N) is 1. The van der Waals surface area contributed by atoms with E-state index in [9.17, 15) is 18.0 Å². The number of benzene rings is 1. The fourth-order valence-corrected chi connectivity index (χ4v) is 6.11. The molecule has 2 aliphatic rings. The third-order valence-corrected chi connectivity index (χ3v) is 8.04. The summed E-state index contributed by atoms with van der Waals surface area (Å²) in [5.74, 6) is -0.229. The summed E-state index contributed by atoms with van der Waals surface area (Å²) in [6, 6.07) is 7.84. The predicted octanol–water partition coefficient (Wildman–Crippen LogP) is 4.14. The topological polar surface area (TPSA) is 132 Å². The molecule has 0 radical (unpaired) electrons. The summed E-state index contributed by atoms with van der Waals surface area (Å²) in [4.78, 5) is 28.7. The van der Waals surface area contributed by atoms with Crippen molar-refractivity contribution >= 4 is 44.5 Å². The van der Waals surface area contributed by atoms with Crippen molar-refractivity contribution in [2.75, 3.05) is 0 Å². The second-order valence-corrected chi connectivity index (χ2v) is 11.3. The Morgan fingerprint density at radius 1 is 1.15 bits per heavy atom. The molecule has 11 heteroatoms. The van der Waals surface area contributed by atoms with Gasteiger partial charge in [-0.15, -0.1) is 0 Å². The van der Waals surface area contributed by atoms with E-state index in [0.717, 1.165) is 42.7 Å². The molecule has 2 fully saturated rings. The third kappa shape index (κ3) is 4.32. The van der Waals surface area contributed by atoms with Gasteiger partial charge in [-0.1, -0.05) is 18.5 Å². The lowest BCUT2D eigenvalue weighted by atomic mass is 9.50. The quantitative estimate of drug-likeness (QED) is 0.493. The van der Waals surface area contributed by atoms with Gasteiger partial charge in [0.05, 0.1) is 0 Å². The Hall–Kier alpha value is -2.85. The fraction of sp³-hybridized carbons (Fsp3) is 0.435. The molecule has 2 aromatic heterocycles. The van der Waals surface area contributed by atoms with Gasteiger partial charge in [-0.2, -0.15) is 8.42 Å². The van der Waals surface area contributed by atoms with Crippen molar-refractivity contribution in [1.82, 2.24) is 15.0 Å². The Bertz CT molecular complexity index is 1360. The molecule has 1 spiro atoms. The van der Waals surface area contributed by atoms with Gasteiger partial charge in [0.25, 0.3) is 15.9 Å². The van der Waals surface area contributed by atoms with Crippen molar-refractivity contribution in [1.29, 1.82) is 0 Å². The molecule has 0 bridgehead atoms. The summed E-state index contributed by atoms with van der Waals surface area (Å²) in [7, 11) is -4.14. The van der Waals surface area contributed by atoms with Crippen molar-refractivity contribution in [3.05, 3.63) is 47.0 Å². The van der Waals surface area contributed by atoms with Crippen molar-refractivity contribution in [3.63, 3.8) is 0 Å². The van der Waals surface area contributed by atoms with Gasteiger partial charge in [-0.3, -0.25) is 9.59 Å². The first-order valence-corrected chi connectivity index (χ1v) is 13.0. The number of oxazole rings is 1. The molecule has 2 amide bonds. The van der Waals surface area contributed by atoms with Crippen LogP contribution in [0.15, 0.2) is 44.3 Å². The molecular weight excluding hydrogens is 482 g/mol. The van der Waals surface area contributed by atoms with E-state index in [1.165, 1.54) is 12.1 Å². The number of amides is 2. The number of rotatable bonds is 7. The summed E-state index contributed by atoms with van der Waals surface area (Å²) < 4.78 is 37.5. The number of halogens is 1. The van der Waals surface area contributed by atoms with E-state index in [-0.39, 0.29) is 29.6 Å². The summed E-state index contributed by atoms with van der Waals surface area (Å²) >= 11 is 6.02. The minimum atomic E-state index is -4.14. The standard InChI is InChI=1S/C23H24ClN3O6S/c1-2-3-19(28)27-34(30,31)20-7-6-18(32-20)21(29)25-15-11-23(12-15)9-13(10-23)22-26-16-8-14(24)4-5-17(16)33-22/h4-8,13,15H,2-3,9-12H2,1H3,(H,25,29)(H,27,28). The maximum absolute atomic E-state index is 12.5. The Balaban J connectivity index is 1.13. The Kier molecular flexibility index (Phi) is 5.68. The monoisotopic (exact) mass is 505 g/mol. The Morgan fingerprint density at radius 2 is 1.91 bits per heavy atom. The van der Waals surface area contributed by atoms with Gasteiger partial charge in [0.15, 0.2) is 17.2 Å². The number of carbonyl (C=O) groups is 2. The molecule has 180 valence electrons. The number of hydrogen-bond acceptors (Lipinski definition) is 7. The van der Waals surface area contributed by atoms with Crippen LogP contribution in [0, 0.1) is 5.41 Å². The summed E-state index contributed by atoms with van der Waals surface area (Å²) in [6.07, 6.45) is 4.15. The molecule has 2 heterocycles. The van der Waals surface area contributed by atoms with Crippen LogP contribution in [0.4, 0.5) is 0 Å². The minimum Gasteiger partial charge on any atom is -0.440 e. The summed E-state index contributed by atoms with van der Waals surface area (Å²) in [5.41, 5.74) is 1.65. The third-order valence-electron chi connectivity index (χ3n) is 6.56. The van der Waals surface area contributed by atoms with Crippen LogP contribution < -0.4 is 10.0 Å². The lowest BCUT2D eigenvalue weighted by molar-refractivity contribution is -0.119. The van der Waals surface area contributed by atoms with E-state index in [2.05, 4.69) is 10.3 Å². The summed E-state index contributed by atoms with van der Waals surface area (Å²) in [5, 5.41) is 3.05. The zero-order valence-corrected chi connectivity index (χ0v) is 20.0. The van der Waals surface area contributed by atoms with Gasteiger partial charge in [0.2, 0.25) is 11.0 Å². The van der Waals surface area contributed by atoms with E-state index in [0.29, 0.717) is 11.4 Å². The van der Waals surface area contributed by atoms with Gasteiger partial charge in [-0.05, 0) is 67.9 Å². The first-order chi connectivity index (χ1) is 16.2. The van der Waals surface area contributed by atoms with Gasteiger partial charge in [0.1, 0.15) is 5.52 Å². The average Bonchev–Trinajstić information content (AvgIpc) is 3.35. The molecule has 34 heavy (non-hydrogen) atoms. The molecule has 1 aromatic carbocycles. The van der Waals surface area contributed by atoms with Crippen LogP contribution in [0.1, 0.15) is 67.8 Å². The molecular formula is C23H24ClN3O6S. The van der Waals surface area contributed by atoms with Crippen LogP contribution in [0.3, 0.4) is 0 Å². The van der Waals surface area contributed by atoms with E-state index in [1.807, 2.05) is 10.8 Å². The number of carbonyl (C=O) groups excluding carboxylic acids is 2. The highest BCUT2D eigenvalue weighted by atomic mass is 35.5. The summed E-state index contributed by atoms with van der Waals surface area (Å²) in [6.45, 7) is 1.77. The van der Waals surface area contributed by atoms with E-state index in [4.69, 9.17) is 20.4 Å². The van der Waals surface area contributed by atoms with Gasteiger partial charge < -0.3 is 14.2 Å². The Morgan fingerprint density at radius 3 is 2.65 bits per heavy atom. The molecule has 0 unspecified atom stereocenters. The van der Waals surface area contributed by atoms with E-state index in [1.54, 1.807) is 19.1 Å². The largest absolute Gasteiger partial charge is 0.440 e. The smallest absolute Gasteiger partial charge is 0.297 e. The number of sulfonamides is 1. The molecule has 2 N–H and O–H groups in total. The number of nitrogens with one attached hydrogen (secondary N) is 2. The van der Waals surface area contributed by atoms with E-state index < -0.39 is 26.9 Å². The number of furan rings is 1.